The van der Waals surface area contributed by atoms with Crippen LogP contribution in [0.3, 0.4) is 0 Å². The fourth-order valence-corrected chi connectivity index (χ4v) is 1.93. The summed E-state index contributed by atoms with van der Waals surface area (Å²) in [4.78, 5) is 24.2. The summed E-state index contributed by atoms with van der Waals surface area (Å²) in [6, 6.07) is 6.21. The van der Waals surface area contributed by atoms with Crippen LogP contribution in [-0.4, -0.2) is 23.6 Å². The minimum absolute atomic E-state index is 0.102. The molecule has 122 valence electrons. The topological polar surface area (TPSA) is 67.4 Å². The summed E-state index contributed by atoms with van der Waals surface area (Å²) in [6.45, 7) is 8.98. The van der Waals surface area contributed by atoms with Gasteiger partial charge in [0.05, 0.1) is 10.7 Å². The van der Waals surface area contributed by atoms with Crippen molar-refractivity contribution in [3.63, 3.8) is 0 Å². The molecule has 0 fully saturated rings. The largest absolute Gasteiger partial charge is 0.444 e. The molecule has 1 aromatic carbocycles. The van der Waals surface area contributed by atoms with Crippen LogP contribution in [0.4, 0.5) is 10.5 Å². The summed E-state index contributed by atoms with van der Waals surface area (Å²) < 4.78 is 5.19. The normalized spacial score (nSPS) is 12.7. The molecule has 0 saturated carbocycles. The van der Waals surface area contributed by atoms with Gasteiger partial charge in [-0.05, 0) is 38.8 Å². The molecule has 0 aliphatic carbocycles. The molecule has 2 N–H and O–H groups in total. The third-order valence-corrected chi connectivity index (χ3v) is 3.08. The van der Waals surface area contributed by atoms with Gasteiger partial charge in [-0.1, -0.05) is 37.6 Å². The van der Waals surface area contributed by atoms with E-state index >= 15 is 0 Å². The Morgan fingerprint density at radius 3 is 2.27 bits per heavy atom. The van der Waals surface area contributed by atoms with Gasteiger partial charge in [-0.25, -0.2) is 4.79 Å². The van der Waals surface area contributed by atoms with Gasteiger partial charge in [0, 0.05) is 0 Å². The Morgan fingerprint density at radius 2 is 1.77 bits per heavy atom. The summed E-state index contributed by atoms with van der Waals surface area (Å²) in [7, 11) is 0. The zero-order valence-corrected chi connectivity index (χ0v) is 14.3. The maximum Gasteiger partial charge on any atom is 0.408 e. The van der Waals surface area contributed by atoms with Gasteiger partial charge >= 0.3 is 6.09 Å². The molecule has 1 unspecified atom stereocenters. The minimum Gasteiger partial charge on any atom is -0.444 e. The van der Waals surface area contributed by atoms with Gasteiger partial charge in [-0.2, -0.15) is 0 Å². The van der Waals surface area contributed by atoms with Crippen LogP contribution in [0.15, 0.2) is 24.3 Å². The molecular weight excluding hydrogens is 304 g/mol. The molecule has 0 spiro atoms. The van der Waals surface area contributed by atoms with Crippen LogP contribution < -0.4 is 10.6 Å². The minimum atomic E-state index is -0.717. The lowest BCUT2D eigenvalue weighted by atomic mass is 10.0. The molecule has 0 heterocycles. The first-order valence-electron chi connectivity index (χ1n) is 7.15. The lowest BCUT2D eigenvalue weighted by molar-refractivity contribution is -0.119. The molecule has 0 saturated heterocycles. The fourth-order valence-electron chi connectivity index (χ4n) is 1.74. The van der Waals surface area contributed by atoms with E-state index in [4.69, 9.17) is 16.3 Å². The van der Waals surface area contributed by atoms with Gasteiger partial charge in [0.25, 0.3) is 0 Å². The van der Waals surface area contributed by atoms with E-state index in [1.165, 1.54) is 0 Å². The van der Waals surface area contributed by atoms with Crippen molar-refractivity contribution in [3.05, 3.63) is 29.3 Å². The van der Waals surface area contributed by atoms with Crippen LogP contribution in [0.1, 0.15) is 34.6 Å². The number of alkyl carbamates (subject to hydrolysis) is 1. The van der Waals surface area contributed by atoms with Crippen molar-refractivity contribution in [1.29, 1.82) is 0 Å². The van der Waals surface area contributed by atoms with E-state index in [-0.39, 0.29) is 11.8 Å². The number of nitrogens with one attached hydrogen (secondary N) is 2. The molecule has 2 amide bonds. The highest BCUT2D eigenvalue weighted by Crippen LogP contribution is 2.21. The monoisotopic (exact) mass is 326 g/mol. The molecule has 0 bridgehead atoms. The van der Waals surface area contributed by atoms with E-state index < -0.39 is 17.7 Å². The van der Waals surface area contributed by atoms with Crippen LogP contribution in [0, 0.1) is 5.92 Å². The van der Waals surface area contributed by atoms with E-state index in [2.05, 4.69) is 10.6 Å². The average molecular weight is 327 g/mol. The highest BCUT2D eigenvalue weighted by atomic mass is 35.5. The number of carbonyl (C=O) groups excluding carboxylic acids is 2. The molecule has 1 atom stereocenters. The number of rotatable bonds is 4. The van der Waals surface area contributed by atoms with E-state index in [1.54, 1.807) is 45.0 Å². The molecule has 0 aromatic heterocycles. The lowest BCUT2D eigenvalue weighted by Gasteiger charge is -2.25. The lowest BCUT2D eigenvalue weighted by Crippen LogP contribution is -2.48. The number of halogens is 1. The summed E-state index contributed by atoms with van der Waals surface area (Å²) in [5.74, 6) is -0.441. The Bertz CT molecular complexity index is 538. The molecule has 0 aliphatic heterocycles. The van der Waals surface area contributed by atoms with Crippen molar-refractivity contribution < 1.29 is 14.3 Å². The molecule has 1 rings (SSSR count). The summed E-state index contributed by atoms with van der Waals surface area (Å²) >= 11 is 6.02. The number of hydrogen-bond acceptors (Lipinski definition) is 3. The Morgan fingerprint density at radius 1 is 1.18 bits per heavy atom. The quantitative estimate of drug-likeness (QED) is 0.883. The second kappa shape index (κ2) is 7.49. The van der Waals surface area contributed by atoms with E-state index in [0.717, 1.165) is 0 Å². The predicted octanol–water partition coefficient (Wildman–Crippen LogP) is 3.83. The molecule has 6 heteroatoms. The second-order valence-electron chi connectivity index (χ2n) is 6.34. The van der Waals surface area contributed by atoms with Gasteiger partial charge in [-0.15, -0.1) is 0 Å². The van der Waals surface area contributed by atoms with E-state index in [0.29, 0.717) is 10.7 Å². The first-order valence-corrected chi connectivity index (χ1v) is 7.53. The van der Waals surface area contributed by atoms with Crippen molar-refractivity contribution in [3.8, 4) is 0 Å². The van der Waals surface area contributed by atoms with Crippen molar-refractivity contribution >= 4 is 29.3 Å². The third-order valence-electron chi connectivity index (χ3n) is 2.75. The number of amides is 2. The first kappa shape index (κ1) is 18.3. The maximum atomic E-state index is 12.4. The van der Waals surface area contributed by atoms with Gasteiger partial charge < -0.3 is 15.4 Å². The Hall–Kier alpha value is -1.75. The molecule has 5 nitrogen and oxygen atoms in total. The van der Waals surface area contributed by atoms with Crippen molar-refractivity contribution in [2.75, 3.05) is 5.32 Å². The number of para-hydroxylation sites is 1. The van der Waals surface area contributed by atoms with E-state index in [1.807, 2.05) is 13.8 Å². The third kappa shape index (κ3) is 5.93. The zero-order valence-electron chi connectivity index (χ0n) is 13.6. The van der Waals surface area contributed by atoms with Crippen molar-refractivity contribution in [2.24, 2.45) is 5.92 Å². The summed E-state index contributed by atoms with van der Waals surface area (Å²) in [6.07, 6.45) is -0.625. The van der Waals surface area contributed by atoms with E-state index in [9.17, 15) is 9.59 Å². The number of hydrogen-bond donors (Lipinski definition) is 2. The standard InChI is InChI=1S/C16H23ClN2O3/c1-10(2)13(19-15(21)22-16(3,4)5)14(20)18-12-9-7-6-8-11(12)17/h6-10,13H,1-5H3,(H,18,20)(H,19,21). The van der Waals surface area contributed by atoms with Gasteiger partial charge in [0.15, 0.2) is 0 Å². The average Bonchev–Trinajstić information content (AvgIpc) is 2.36. The highest BCUT2D eigenvalue weighted by molar-refractivity contribution is 6.33. The Balaban J connectivity index is 2.77. The number of ether oxygens (including phenoxy) is 1. The SMILES string of the molecule is CC(C)C(NC(=O)OC(C)(C)C)C(=O)Nc1ccccc1Cl. The smallest absolute Gasteiger partial charge is 0.408 e. The predicted molar refractivity (Wildman–Crippen MR) is 88.1 cm³/mol. The van der Waals surface area contributed by atoms with Crippen LogP contribution in [0.25, 0.3) is 0 Å². The Labute approximate surface area is 136 Å². The van der Waals surface area contributed by atoms with Gasteiger partial charge in [-0.3, -0.25) is 4.79 Å². The summed E-state index contributed by atoms with van der Waals surface area (Å²) in [5, 5.41) is 5.76. The van der Waals surface area contributed by atoms with Crippen LogP contribution in [0.2, 0.25) is 5.02 Å². The first-order chi connectivity index (χ1) is 10.1. The number of benzene rings is 1. The zero-order chi connectivity index (χ0) is 16.9. The molecular formula is C16H23ClN2O3. The summed E-state index contributed by atoms with van der Waals surface area (Å²) in [5.41, 5.74) is -0.115. The molecule has 0 aliphatic rings. The number of carbonyl (C=O) groups is 2. The van der Waals surface area contributed by atoms with Gasteiger partial charge in [0.1, 0.15) is 11.6 Å². The second-order valence-corrected chi connectivity index (χ2v) is 6.74. The fraction of sp³-hybridized carbons (Fsp3) is 0.500. The molecule has 0 radical (unpaired) electrons. The van der Waals surface area contributed by atoms with Crippen molar-refractivity contribution in [2.45, 2.75) is 46.3 Å². The van der Waals surface area contributed by atoms with Crippen LogP contribution in [0.5, 0.6) is 0 Å². The maximum absolute atomic E-state index is 12.4. The number of anilines is 1. The highest BCUT2D eigenvalue weighted by Gasteiger charge is 2.27. The van der Waals surface area contributed by atoms with Gasteiger partial charge in [0.2, 0.25) is 5.91 Å². The Kier molecular flexibility index (Phi) is 6.23. The van der Waals surface area contributed by atoms with Crippen LogP contribution >= 0.6 is 11.6 Å². The molecule has 1 aromatic rings. The van der Waals surface area contributed by atoms with Crippen molar-refractivity contribution in [1.82, 2.24) is 5.32 Å². The molecule has 22 heavy (non-hydrogen) atoms. The van der Waals surface area contributed by atoms with Crippen LogP contribution in [-0.2, 0) is 9.53 Å².